The first-order chi connectivity index (χ1) is 12.1. The first kappa shape index (κ1) is 18.8. The molecule has 3 rings (SSSR count). The average Bonchev–Trinajstić information content (AvgIpc) is 2.92. The molecular formula is C17H23N3O5S. The molecule has 142 valence electrons. The van der Waals surface area contributed by atoms with Gasteiger partial charge >= 0.3 is 5.69 Å². The number of nitrogens with zero attached hydrogens (tertiary/aromatic N) is 2. The summed E-state index contributed by atoms with van der Waals surface area (Å²) < 4.78 is 8.17. The summed E-state index contributed by atoms with van der Waals surface area (Å²) in [6.45, 7) is 5.56. The van der Waals surface area contributed by atoms with Crippen molar-refractivity contribution in [1.29, 1.82) is 0 Å². The number of hydrogen-bond donors (Lipinski definition) is 2. The van der Waals surface area contributed by atoms with Crippen LogP contribution >= 0.6 is 11.3 Å². The summed E-state index contributed by atoms with van der Waals surface area (Å²) in [5, 5.41) is 12.3. The third-order valence-corrected chi connectivity index (χ3v) is 5.73. The smallest absolute Gasteiger partial charge is 0.332 e. The Balaban J connectivity index is 2.10. The molecule has 9 heteroatoms. The van der Waals surface area contributed by atoms with Gasteiger partial charge in [-0.2, -0.15) is 0 Å². The lowest BCUT2D eigenvalue weighted by molar-refractivity contribution is -0.122. The van der Waals surface area contributed by atoms with Crippen LogP contribution in [0, 0.1) is 0 Å². The van der Waals surface area contributed by atoms with Gasteiger partial charge in [0, 0.05) is 24.9 Å². The van der Waals surface area contributed by atoms with Crippen molar-refractivity contribution in [3.8, 4) is 0 Å². The fourth-order valence-electron chi connectivity index (χ4n) is 3.09. The van der Waals surface area contributed by atoms with Gasteiger partial charge in [0.25, 0.3) is 5.56 Å². The van der Waals surface area contributed by atoms with Crippen molar-refractivity contribution in [1.82, 2.24) is 14.5 Å². The highest BCUT2D eigenvalue weighted by molar-refractivity contribution is 7.18. The van der Waals surface area contributed by atoms with Crippen molar-refractivity contribution in [3.05, 3.63) is 31.3 Å². The molecule has 2 aromatic heterocycles. The first-order valence-corrected chi connectivity index (χ1v) is 9.25. The van der Waals surface area contributed by atoms with Gasteiger partial charge in [0.2, 0.25) is 5.91 Å². The first-order valence-electron chi connectivity index (χ1n) is 8.43. The molecule has 1 aliphatic heterocycles. The monoisotopic (exact) mass is 381 g/mol. The Hall–Kier alpha value is -1.97. The maximum atomic E-state index is 13.0. The maximum absolute atomic E-state index is 13.0. The second kappa shape index (κ2) is 6.64. The Kier molecular flexibility index (Phi) is 4.80. The molecule has 0 aromatic carbocycles. The zero-order valence-electron chi connectivity index (χ0n) is 15.3. The highest BCUT2D eigenvalue weighted by Crippen LogP contribution is 2.36. The number of ether oxygens (including phenoxy) is 1. The van der Waals surface area contributed by atoms with E-state index in [1.165, 1.54) is 15.9 Å². The van der Waals surface area contributed by atoms with E-state index in [1.807, 2.05) is 13.8 Å². The van der Waals surface area contributed by atoms with Crippen molar-refractivity contribution in [2.24, 2.45) is 7.05 Å². The van der Waals surface area contributed by atoms with Gasteiger partial charge in [0.05, 0.1) is 23.7 Å². The number of amides is 1. The number of aryl methyl sites for hydroxylation is 1. The predicted octanol–water partition coefficient (Wildman–Crippen LogP) is 0.110. The Bertz CT molecular complexity index is 983. The Labute approximate surface area is 154 Å². The lowest BCUT2D eigenvalue weighted by Gasteiger charge is -2.29. The second-order valence-electron chi connectivity index (χ2n) is 7.30. The summed E-state index contributed by atoms with van der Waals surface area (Å²) in [5.41, 5.74) is -0.472. The molecule has 8 nitrogen and oxygen atoms in total. The molecule has 2 N–H and O–H groups in total. The fraction of sp³-hybridized carbons (Fsp3) is 0.588. The molecule has 2 aromatic rings. The number of carbonyl (C=O) groups excluding carboxylic acids is 1. The van der Waals surface area contributed by atoms with E-state index in [9.17, 15) is 19.5 Å². The molecule has 0 radical (unpaired) electrons. The molecule has 0 aliphatic carbocycles. The molecule has 0 spiro atoms. The van der Waals surface area contributed by atoms with E-state index >= 15 is 0 Å². The van der Waals surface area contributed by atoms with E-state index < -0.39 is 23.3 Å². The summed E-state index contributed by atoms with van der Waals surface area (Å²) in [6, 6.07) is 0. The van der Waals surface area contributed by atoms with Crippen LogP contribution in [0.15, 0.2) is 9.59 Å². The number of rotatable bonds is 4. The van der Waals surface area contributed by atoms with Gasteiger partial charge in [-0.05, 0) is 26.3 Å². The number of nitrogens with one attached hydrogen (secondary N) is 1. The van der Waals surface area contributed by atoms with Crippen LogP contribution in [0.25, 0.3) is 10.2 Å². The van der Waals surface area contributed by atoms with Gasteiger partial charge in [-0.3, -0.25) is 18.7 Å². The minimum Gasteiger partial charge on any atom is -0.392 e. The molecule has 1 unspecified atom stereocenters. The van der Waals surface area contributed by atoms with E-state index in [1.54, 1.807) is 14.0 Å². The summed E-state index contributed by atoms with van der Waals surface area (Å²) in [4.78, 5) is 39.2. The number of thiophene rings is 1. The molecule has 0 saturated carbocycles. The van der Waals surface area contributed by atoms with Gasteiger partial charge < -0.3 is 15.2 Å². The zero-order valence-corrected chi connectivity index (χ0v) is 16.1. The molecule has 26 heavy (non-hydrogen) atoms. The van der Waals surface area contributed by atoms with Gasteiger partial charge in [-0.15, -0.1) is 11.3 Å². The van der Waals surface area contributed by atoms with Gasteiger partial charge in [-0.1, -0.05) is 0 Å². The van der Waals surface area contributed by atoms with E-state index in [2.05, 4.69) is 5.32 Å². The molecule has 1 amide bonds. The van der Waals surface area contributed by atoms with Crippen molar-refractivity contribution in [2.45, 2.75) is 52.0 Å². The number of aromatic nitrogens is 2. The third-order valence-electron chi connectivity index (χ3n) is 4.45. The summed E-state index contributed by atoms with van der Waals surface area (Å²) in [5.74, 6) is -0.489. The number of carbonyl (C=O) groups is 1. The van der Waals surface area contributed by atoms with Crippen LogP contribution in [0.3, 0.4) is 0 Å². The largest absolute Gasteiger partial charge is 0.392 e. The standard InChI is InChI=1S/C17H23N3O5S/c1-9(21)6-18-12(22)7-20-14(23)13-10-5-17(2,3)25-8-11(10)26-15(13)19(4)16(20)24/h9,21H,5-8H2,1-4H3,(H,18,22). The number of aliphatic hydroxyl groups is 1. The van der Waals surface area contributed by atoms with Crippen LogP contribution in [0.2, 0.25) is 0 Å². The molecule has 3 heterocycles. The second-order valence-corrected chi connectivity index (χ2v) is 8.38. The number of aliphatic hydroxyl groups excluding tert-OH is 1. The quantitative estimate of drug-likeness (QED) is 0.783. The Morgan fingerprint density at radius 3 is 2.77 bits per heavy atom. The average molecular weight is 381 g/mol. The van der Waals surface area contributed by atoms with E-state index in [4.69, 9.17) is 4.74 Å². The molecule has 0 fully saturated rings. The predicted molar refractivity (Wildman–Crippen MR) is 98.6 cm³/mol. The van der Waals surface area contributed by atoms with E-state index in [0.29, 0.717) is 23.2 Å². The topological polar surface area (TPSA) is 103 Å². The van der Waals surface area contributed by atoms with Gasteiger partial charge in [-0.25, -0.2) is 4.79 Å². The van der Waals surface area contributed by atoms with Crippen molar-refractivity contribution >= 4 is 27.5 Å². The minimum absolute atomic E-state index is 0.0650. The van der Waals surface area contributed by atoms with Crippen LogP contribution < -0.4 is 16.6 Å². The van der Waals surface area contributed by atoms with Crippen LogP contribution in [-0.4, -0.2) is 38.4 Å². The van der Waals surface area contributed by atoms with Crippen LogP contribution in [0.4, 0.5) is 0 Å². The van der Waals surface area contributed by atoms with E-state index in [0.717, 1.165) is 15.0 Å². The van der Waals surface area contributed by atoms with Crippen LogP contribution in [-0.2, 0) is 36.2 Å². The lowest BCUT2D eigenvalue weighted by Crippen LogP contribution is -2.44. The fourth-order valence-corrected chi connectivity index (χ4v) is 4.26. The van der Waals surface area contributed by atoms with E-state index in [-0.39, 0.29) is 18.7 Å². The SMILES string of the molecule is CC(O)CNC(=O)Cn1c(=O)c2c3c(sc2n(C)c1=O)COC(C)(C)C3. The van der Waals surface area contributed by atoms with Crippen LogP contribution in [0.1, 0.15) is 31.2 Å². The molecule has 1 aliphatic rings. The molecule has 0 saturated heterocycles. The summed E-state index contributed by atoms with van der Waals surface area (Å²) in [6.07, 6.45) is -0.128. The van der Waals surface area contributed by atoms with Gasteiger partial charge in [0.15, 0.2) is 0 Å². The highest BCUT2D eigenvalue weighted by Gasteiger charge is 2.31. The van der Waals surface area contributed by atoms with Gasteiger partial charge in [0.1, 0.15) is 11.4 Å². The summed E-state index contributed by atoms with van der Waals surface area (Å²) >= 11 is 1.39. The number of hydrogen-bond acceptors (Lipinski definition) is 6. The minimum atomic E-state index is -0.702. The molecular weight excluding hydrogens is 358 g/mol. The normalized spacial score (nSPS) is 17.1. The van der Waals surface area contributed by atoms with Crippen molar-refractivity contribution < 1.29 is 14.6 Å². The van der Waals surface area contributed by atoms with Crippen LogP contribution in [0.5, 0.6) is 0 Å². The Morgan fingerprint density at radius 2 is 2.12 bits per heavy atom. The highest BCUT2D eigenvalue weighted by atomic mass is 32.1. The molecule has 0 bridgehead atoms. The zero-order chi connectivity index (χ0) is 19.2. The third kappa shape index (κ3) is 3.34. The van der Waals surface area contributed by atoms with Crippen molar-refractivity contribution in [2.75, 3.05) is 6.54 Å². The number of fused-ring (bicyclic) bond motifs is 3. The summed E-state index contributed by atoms with van der Waals surface area (Å²) in [7, 11) is 1.60. The Morgan fingerprint density at radius 1 is 1.42 bits per heavy atom. The van der Waals surface area contributed by atoms with Crippen molar-refractivity contribution in [3.63, 3.8) is 0 Å². The maximum Gasteiger partial charge on any atom is 0.332 e. The molecule has 1 atom stereocenters. The lowest BCUT2D eigenvalue weighted by atomic mass is 9.94.